The standard InChI is InChI=1S/C13H18N4O/c14-8-12-15-10-17(16-12)9-11-4-7-13(18-11)5-2-1-3-6-13/h10-11H,1-7,9H2. The Morgan fingerprint density at radius 1 is 1.39 bits per heavy atom. The molecule has 0 bridgehead atoms. The molecule has 1 aromatic rings. The number of nitrogens with zero attached hydrogens (tertiary/aromatic N) is 4. The molecule has 1 aliphatic heterocycles. The Labute approximate surface area is 107 Å². The van der Waals surface area contributed by atoms with Gasteiger partial charge in [0.05, 0.1) is 18.2 Å². The van der Waals surface area contributed by atoms with Crippen molar-refractivity contribution in [2.75, 3.05) is 0 Å². The molecular weight excluding hydrogens is 228 g/mol. The summed E-state index contributed by atoms with van der Waals surface area (Å²) in [5, 5.41) is 12.8. The minimum absolute atomic E-state index is 0.154. The lowest BCUT2D eigenvalue weighted by atomic mass is 9.83. The highest BCUT2D eigenvalue weighted by Crippen LogP contribution is 2.42. The van der Waals surface area contributed by atoms with Crippen molar-refractivity contribution in [2.45, 2.75) is 63.2 Å². The van der Waals surface area contributed by atoms with E-state index < -0.39 is 0 Å². The van der Waals surface area contributed by atoms with Gasteiger partial charge in [0.1, 0.15) is 12.4 Å². The average Bonchev–Trinajstić information content (AvgIpc) is 2.99. The molecule has 2 fully saturated rings. The number of rotatable bonds is 2. The van der Waals surface area contributed by atoms with Gasteiger partial charge in [-0.25, -0.2) is 9.67 Å². The van der Waals surface area contributed by atoms with Gasteiger partial charge in [0.25, 0.3) is 5.82 Å². The van der Waals surface area contributed by atoms with Gasteiger partial charge in [0, 0.05) is 0 Å². The lowest BCUT2D eigenvalue weighted by molar-refractivity contribution is -0.0688. The van der Waals surface area contributed by atoms with E-state index in [1.54, 1.807) is 11.0 Å². The van der Waals surface area contributed by atoms with Crippen molar-refractivity contribution < 1.29 is 4.74 Å². The molecule has 2 aliphatic rings. The normalized spacial score (nSPS) is 26.3. The molecule has 1 saturated carbocycles. The summed E-state index contributed by atoms with van der Waals surface area (Å²) in [6, 6.07) is 1.95. The average molecular weight is 246 g/mol. The maximum Gasteiger partial charge on any atom is 0.252 e. The van der Waals surface area contributed by atoms with Crippen molar-refractivity contribution in [2.24, 2.45) is 0 Å². The second-order valence-corrected chi connectivity index (χ2v) is 5.42. The molecule has 5 nitrogen and oxygen atoms in total. The van der Waals surface area contributed by atoms with E-state index in [0.29, 0.717) is 0 Å². The highest BCUT2D eigenvalue weighted by Gasteiger charge is 2.40. The molecule has 0 aromatic carbocycles. The Bertz CT molecular complexity index is 456. The van der Waals surface area contributed by atoms with Crippen LogP contribution < -0.4 is 0 Å². The van der Waals surface area contributed by atoms with E-state index in [4.69, 9.17) is 10.00 Å². The van der Waals surface area contributed by atoms with Gasteiger partial charge < -0.3 is 4.74 Å². The fraction of sp³-hybridized carbons (Fsp3) is 0.769. The van der Waals surface area contributed by atoms with Crippen LogP contribution in [-0.4, -0.2) is 26.5 Å². The summed E-state index contributed by atoms with van der Waals surface area (Å²) in [5.41, 5.74) is 0.154. The molecule has 0 amide bonds. The molecule has 1 aliphatic carbocycles. The van der Waals surface area contributed by atoms with Crippen molar-refractivity contribution in [3.8, 4) is 6.07 Å². The van der Waals surface area contributed by atoms with Crippen molar-refractivity contribution in [1.29, 1.82) is 5.26 Å². The van der Waals surface area contributed by atoms with Crippen LogP contribution >= 0.6 is 0 Å². The SMILES string of the molecule is N#Cc1ncn(CC2CCC3(CCCCC3)O2)n1. The van der Waals surface area contributed by atoms with Crippen LogP contribution in [0.25, 0.3) is 0 Å². The summed E-state index contributed by atoms with van der Waals surface area (Å²) in [6.07, 6.45) is 10.5. The molecule has 1 spiro atoms. The molecule has 0 N–H and O–H groups in total. The fourth-order valence-electron chi connectivity index (χ4n) is 3.23. The van der Waals surface area contributed by atoms with Gasteiger partial charge in [-0.3, -0.25) is 0 Å². The van der Waals surface area contributed by atoms with E-state index >= 15 is 0 Å². The fourth-order valence-corrected chi connectivity index (χ4v) is 3.23. The summed E-state index contributed by atoms with van der Waals surface area (Å²) in [6.45, 7) is 0.719. The molecule has 1 unspecified atom stereocenters. The summed E-state index contributed by atoms with van der Waals surface area (Å²) in [7, 11) is 0. The van der Waals surface area contributed by atoms with E-state index in [1.165, 1.54) is 38.5 Å². The third-order valence-corrected chi connectivity index (χ3v) is 4.13. The number of hydrogen-bond acceptors (Lipinski definition) is 4. The Hall–Kier alpha value is -1.41. The van der Waals surface area contributed by atoms with Gasteiger partial charge in [-0.2, -0.15) is 5.26 Å². The van der Waals surface area contributed by atoms with E-state index in [-0.39, 0.29) is 17.5 Å². The third kappa shape index (κ3) is 2.25. The Balaban J connectivity index is 1.60. The second-order valence-electron chi connectivity index (χ2n) is 5.42. The Kier molecular flexibility index (Phi) is 3.04. The topological polar surface area (TPSA) is 63.7 Å². The predicted molar refractivity (Wildman–Crippen MR) is 64.7 cm³/mol. The van der Waals surface area contributed by atoms with Crippen molar-refractivity contribution >= 4 is 0 Å². The molecule has 1 aromatic heterocycles. The molecule has 5 heteroatoms. The maximum absolute atomic E-state index is 8.69. The molecule has 18 heavy (non-hydrogen) atoms. The monoisotopic (exact) mass is 246 g/mol. The molecule has 2 heterocycles. The number of hydrogen-bond donors (Lipinski definition) is 0. The number of nitriles is 1. The summed E-state index contributed by atoms with van der Waals surface area (Å²) in [4.78, 5) is 3.92. The minimum atomic E-state index is 0.154. The number of ether oxygens (including phenoxy) is 1. The zero-order chi connectivity index (χ0) is 12.4. The van der Waals surface area contributed by atoms with Crippen LogP contribution in [0.3, 0.4) is 0 Å². The largest absolute Gasteiger partial charge is 0.370 e. The van der Waals surface area contributed by atoms with Gasteiger partial charge in [0.15, 0.2) is 0 Å². The lowest BCUT2D eigenvalue weighted by Crippen LogP contribution is -2.32. The predicted octanol–water partition coefficient (Wildman–Crippen LogP) is 2.03. The zero-order valence-corrected chi connectivity index (χ0v) is 10.5. The Morgan fingerprint density at radius 2 is 2.22 bits per heavy atom. The van der Waals surface area contributed by atoms with E-state index in [0.717, 1.165) is 13.0 Å². The van der Waals surface area contributed by atoms with Gasteiger partial charge in [-0.05, 0) is 25.7 Å². The van der Waals surface area contributed by atoms with E-state index in [2.05, 4.69) is 10.1 Å². The summed E-state index contributed by atoms with van der Waals surface area (Å²) < 4.78 is 7.99. The minimum Gasteiger partial charge on any atom is -0.370 e. The van der Waals surface area contributed by atoms with Gasteiger partial charge in [-0.15, -0.1) is 5.10 Å². The first-order valence-electron chi connectivity index (χ1n) is 6.77. The van der Waals surface area contributed by atoms with Gasteiger partial charge >= 0.3 is 0 Å². The summed E-state index contributed by atoms with van der Waals surface area (Å²) >= 11 is 0. The smallest absolute Gasteiger partial charge is 0.252 e. The molecule has 1 saturated heterocycles. The highest BCUT2D eigenvalue weighted by atomic mass is 16.5. The van der Waals surface area contributed by atoms with Crippen LogP contribution in [0.5, 0.6) is 0 Å². The van der Waals surface area contributed by atoms with Crippen molar-refractivity contribution in [3.63, 3.8) is 0 Å². The van der Waals surface area contributed by atoms with E-state index in [1.807, 2.05) is 6.07 Å². The lowest BCUT2D eigenvalue weighted by Gasteiger charge is -2.33. The summed E-state index contributed by atoms with van der Waals surface area (Å²) in [5.74, 6) is 0.236. The molecule has 3 rings (SSSR count). The van der Waals surface area contributed by atoms with Gasteiger partial charge in [0.2, 0.25) is 0 Å². The van der Waals surface area contributed by atoms with Crippen LogP contribution in [0.2, 0.25) is 0 Å². The van der Waals surface area contributed by atoms with Crippen molar-refractivity contribution in [1.82, 2.24) is 14.8 Å². The van der Waals surface area contributed by atoms with Crippen LogP contribution in [0.15, 0.2) is 6.33 Å². The van der Waals surface area contributed by atoms with Crippen LogP contribution in [0.1, 0.15) is 50.8 Å². The maximum atomic E-state index is 8.69. The van der Waals surface area contributed by atoms with Gasteiger partial charge in [-0.1, -0.05) is 19.3 Å². The van der Waals surface area contributed by atoms with E-state index in [9.17, 15) is 0 Å². The second kappa shape index (κ2) is 4.69. The van der Waals surface area contributed by atoms with Crippen LogP contribution in [0.4, 0.5) is 0 Å². The zero-order valence-electron chi connectivity index (χ0n) is 10.5. The third-order valence-electron chi connectivity index (χ3n) is 4.13. The number of aromatic nitrogens is 3. The van der Waals surface area contributed by atoms with Crippen molar-refractivity contribution in [3.05, 3.63) is 12.2 Å². The van der Waals surface area contributed by atoms with Crippen LogP contribution in [-0.2, 0) is 11.3 Å². The first-order valence-corrected chi connectivity index (χ1v) is 6.77. The molecular formula is C13H18N4O. The first kappa shape index (κ1) is 11.7. The highest BCUT2D eigenvalue weighted by molar-refractivity contribution is 5.05. The van der Waals surface area contributed by atoms with Crippen LogP contribution in [0, 0.1) is 11.3 Å². The molecule has 0 radical (unpaired) electrons. The Morgan fingerprint density at radius 3 is 2.94 bits per heavy atom. The molecule has 1 atom stereocenters. The molecule has 96 valence electrons. The quantitative estimate of drug-likeness (QED) is 0.801. The first-order chi connectivity index (χ1) is 8.80.